The van der Waals surface area contributed by atoms with E-state index in [1.54, 1.807) is 66.1 Å². The molecule has 536 valence electrons. The molecule has 99 heavy (non-hydrogen) atoms. The van der Waals surface area contributed by atoms with Gasteiger partial charge in [-0.15, -0.1) is 0 Å². The number of ketones is 1. The number of hydrogen-bond donors (Lipinski definition) is 5. The summed E-state index contributed by atoms with van der Waals surface area (Å²) in [5.74, 6) is -5.75. The number of anilines is 3. The Morgan fingerprint density at radius 3 is 2.18 bits per heavy atom. The van der Waals surface area contributed by atoms with Crippen LogP contribution in [0.4, 0.5) is 31.0 Å². The van der Waals surface area contributed by atoms with Crippen molar-refractivity contribution in [3.05, 3.63) is 89.7 Å². The molecular formula is C71H96FN13O13S. The highest BCUT2D eigenvalue weighted by molar-refractivity contribution is 8.00. The minimum absolute atomic E-state index is 0.0117. The fourth-order valence-electron chi connectivity index (χ4n) is 14.4. The third kappa shape index (κ3) is 17.6. The van der Waals surface area contributed by atoms with Crippen LogP contribution in [0.2, 0.25) is 0 Å². The van der Waals surface area contributed by atoms with E-state index in [1.807, 2.05) is 48.2 Å². The van der Waals surface area contributed by atoms with E-state index in [-0.39, 0.29) is 88.1 Å². The van der Waals surface area contributed by atoms with Crippen molar-refractivity contribution in [1.82, 2.24) is 51.1 Å². The van der Waals surface area contributed by atoms with E-state index in [4.69, 9.17) is 9.47 Å². The van der Waals surface area contributed by atoms with Crippen LogP contribution < -0.4 is 41.3 Å². The largest absolute Gasteiger partial charge is 0.458 e. The van der Waals surface area contributed by atoms with Crippen molar-refractivity contribution in [2.45, 2.75) is 152 Å². The number of hydrogen-bond acceptors (Lipinski definition) is 17. The predicted molar refractivity (Wildman–Crippen MR) is 370 cm³/mol. The van der Waals surface area contributed by atoms with Crippen LogP contribution in [-0.4, -0.2) is 242 Å². The van der Waals surface area contributed by atoms with Crippen molar-refractivity contribution in [1.29, 1.82) is 0 Å². The van der Waals surface area contributed by atoms with E-state index in [9.17, 15) is 33.6 Å². The van der Waals surface area contributed by atoms with Crippen molar-refractivity contribution < 1.29 is 66.6 Å². The number of carbonyl (C=O) groups excluding carboxylic acids is 11. The van der Waals surface area contributed by atoms with Gasteiger partial charge in [-0.3, -0.25) is 43.3 Å². The molecule has 10 atom stereocenters. The van der Waals surface area contributed by atoms with Gasteiger partial charge in [0.2, 0.25) is 41.4 Å². The summed E-state index contributed by atoms with van der Waals surface area (Å²) in [4.78, 5) is 171. The van der Waals surface area contributed by atoms with Crippen LogP contribution in [0.25, 0.3) is 0 Å². The summed E-state index contributed by atoms with van der Waals surface area (Å²) >= 11 is 1.73. The third-order valence-corrected chi connectivity index (χ3v) is 22.2. The lowest BCUT2D eigenvalue weighted by Gasteiger charge is -2.45. The van der Waals surface area contributed by atoms with Crippen molar-refractivity contribution in [3.63, 3.8) is 0 Å². The molecule has 8 aliphatic heterocycles. The average molecular weight is 1390 g/mol. The number of amides is 10. The summed E-state index contributed by atoms with van der Waals surface area (Å²) in [6, 6.07) is 13.1. The summed E-state index contributed by atoms with van der Waals surface area (Å²) in [6.45, 7) is 10.9. The number of ether oxygens (including phenoxy) is 2. The fraction of sp³-hybridized carbons (Fsp3) is 0.592. The Balaban J connectivity index is 0.826. The molecule has 5 N–H and O–H groups in total. The quantitative estimate of drug-likeness (QED) is 0.0838. The molecule has 11 rings (SSSR count). The number of rotatable bonds is 19. The Labute approximate surface area is 582 Å². The SMILES string of the molecule is CC[C@@]1(C)NC(=O)[C@@H](NC(=O)CCCCCNC(=O)N2CCN(c3ccc(N4C[C@H](CNC(C)=O)OC4=O)cc3F)CC2)[C@@H](C)OC(=O)[C@H](c2ccccc2)NC(=O)[C@@H]2CC(=O)[C@H](CSC3CN4CCC3CC4)CN2C(=O)[C@H](Cc2ccc(N(C)C)cc2)N(C)C(=O)[C@@H]2CCCN2C1=O. The topological polar surface area (TPSA) is 292 Å². The van der Waals surface area contributed by atoms with Gasteiger partial charge in [-0.2, -0.15) is 11.8 Å². The highest BCUT2D eigenvalue weighted by Gasteiger charge is 2.50. The van der Waals surface area contributed by atoms with Crippen molar-refractivity contribution in [2.75, 3.05) is 120 Å². The van der Waals surface area contributed by atoms with E-state index in [0.29, 0.717) is 85.7 Å². The number of thioether (sulfide) groups is 1. The van der Waals surface area contributed by atoms with Gasteiger partial charge < -0.3 is 70.4 Å². The number of fused-ring (bicyclic) bond motifs is 5. The minimum Gasteiger partial charge on any atom is -0.458 e. The van der Waals surface area contributed by atoms with Crippen LogP contribution in [0.15, 0.2) is 72.8 Å². The van der Waals surface area contributed by atoms with Gasteiger partial charge in [0.25, 0.3) is 0 Å². The number of unbranched alkanes of at least 4 members (excludes halogenated alkanes) is 2. The molecule has 28 heteroatoms. The number of urea groups is 1. The molecule has 0 spiro atoms. The number of piperidine rings is 4. The molecule has 26 nitrogen and oxygen atoms in total. The van der Waals surface area contributed by atoms with E-state index >= 15 is 23.6 Å². The van der Waals surface area contributed by atoms with E-state index in [0.717, 1.165) is 38.2 Å². The van der Waals surface area contributed by atoms with E-state index in [1.165, 1.54) is 53.5 Å². The van der Waals surface area contributed by atoms with Crippen LogP contribution >= 0.6 is 11.8 Å². The van der Waals surface area contributed by atoms with Gasteiger partial charge in [0.05, 0.1) is 24.5 Å². The first-order valence-electron chi connectivity index (χ1n) is 34.9. The second-order valence-electron chi connectivity index (χ2n) is 27.7. The Kier molecular flexibility index (Phi) is 24.1. The lowest BCUT2D eigenvalue weighted by molar-refractivity contribution is -0.158. The first-order valence-corrected chi connectivity index (χ1v) is 35.9. The number of likely N-dealkylation sites (N-methyl/N-ethyl adjacent to an activating group) is 1. The molecule has 8 aliphatic rings. The number of nitrogens with one attached hydrogen (secondary N) is 5. The summed E-state index contributed by atoms with van der Waals surface area (Å²) in [7, 11) is 5.34. The number of nitrogens with zero attached hydrogens (tertiary/aromatic N) is 8. The summed E-state index contributed by atoms with van der Waals surface area (Å²) in [5, 5.41) is 14.3. The number of esters is 1. The Bertz CT molecular complexity index is 3470. The molecule has 8 saturated heterocycles. The first kappa shape index (κ1) is 73.2. The van der Waals surface area contributed by atoms with Crippen molar-refractivity contribution >= 4 is 94.1 Å². The van der Waals surface area contributed by atoms with Gasteiger partial charge in [-0.1, -0.05) is 55.8 Å². The number of cyclic esters (lactones) is 2. The highest BCUT2D eigenvalue weighted by atomic mass is 32.2. The first-order chi connectivity index (χ1) is 47.4. The number of carbonyl (C=O) groups is 11. The van der Waals surface area contributed by atoms with Gasteiger partial charge in [-0.25, -0.2) is 18.8 Å². The highest BCUT2D eigenvalue weighted by Crippen LogP contribution is 2.38. The van der Waals surface area contributed by atoms with Gasteiger partial charge in [-0.05, 0) is 119 Å². The zero-order chi connectivity index (χ0) is 70.8. The van der Waals surface area contributed by atoms with Crippen LogP contribution in [0.5, 0.6) is 0 Å². The third-order valence-electron chi connectivity index (χ3n) is 20.7. The molecule has 3 aromatic carbocycles. The van der Waals surface area contributed by atoms with Gasteiger partial charge in [0, 0.05) is 122 Å². The molecule has 8 heterocycles. The minimum atomic E-state index is -1.67. The maximum Gasteiger partial charge on any atom is 0.414 e. The molecule has 3 aromatic rings. The molecule has 0 saturated carbocycles. The smallest absolute Gasteiger partial charge is 0.414 e. The number of benzene rings is 3. The molecule has 8 fully saturated rings. The molecule has 1 unspecified atom stereocenters. The second-order valence-corrected chi connectivity index (χ2v) is 29.0. The van der Waals surface area contributed by atoms with Crippen LogP contribution in [0, 0.1) is 17.7 Å². The molecule has 2 bridgehead atoms. The van der Waals surface area contributed by atoms with Crippen LogP contribution in [-0.2, 0) is 59.0 Å². The summed E-state index contributed by atoms with van der Waals surface area (Å²) < 4.78 is 27.0. The molecule has 10 amide bonds. The predicted octanol–water partition coefficient (Wildman–Crippen LogP) is 3.99. The number of Topliss-reactive ketones (excluding diaryl/α,β-unsaturated/α-hetero) is 1. The normalized spacial score (nSPS) is 28.0. The zero-order valence-corrected chi connectivity index (χ0v) is 58.7. The van der Waals surface area contributed by atoms with Gasteiger partial charge >= 0.3 is 18.1 Å². The maximum absolute atomic E-state index is 15.9. The van der Waals surface area contributed by atoms with Crippen molar-refractivity contribution in [2.24, 2.45) is 11.8 Å². The Morgan fingerprint density at radius 1 is 0.788 bits per heavy atom. The molecular weight excluding hydrogens is 1290 g/mol. The monoisotopic (exact) mass is 1390 g/mol. The molecule has 0 aromatic heterocycles. The van der Waals surface area contributed by atoms with E-state index in [2.05, 4.69) is 31.5 Å². The number of piperazine rings is 1. The summed E-state index contributed by atoms with van der Waals surface area (Å²) in [5.41, 5.74) is 0.852. The fourth-order valence-corrected chi connectivity index (χ4v) is 16.1. The maximum atomic E-state index is 15.9. The van der Waals surface area contributed by atoms with Crippen LogP contribution in [0.1, 0.15) is 109 Å². The van der Waals surface area contributed by atoms with Crippen LogP contribution in [0.3, 0.4) is 0 Å². The Hall–Kier alpha value is -8.53. The lowest BCUT2D eigenvalue weighted by atomic mass is 9.88. The molecule has 0 radical (unpaired) electrons. The summed E-state index contributed by atoms with van der Waals surface area (Å²) in [6.07, 6.45) is 1.03. The lowest BCUT2D eigenvalue weighted by Crippen LogP contribution is -2.65. The standard InChI is InChI=1S/C71H96FN13O13S/c1-8-71(4)68(94)83-29-15-18-55(83)65(91)79(7)57(36-46-20-22-50(23-21-46)78(5)6)66(92)85-40-49(43-99-59-42-80-30-26-47(59)27-31-80)58(87)38-56(85)63(89)76-62(48-16-11-9-12-17-48)67(93)97-44(2)61(64(90)77-71)75-60(88)19-13-10-14-28-73-69(95)82-34-32-81(33-35-82)54-25-24-51(37-53(54)72)84-41-52(98-70(84)96)39-74-45(3)86/h9,11-12,16-17,20-25,37,44,47,49,52,55-57,59,61-62H,8,10,13-15,18-19,26-36,38-43H2,1-7H3,(H,73,95)(H,74,86)(H,75,88)(H,76,89)(H,77,90)/t44-,49+,52+,55+,56+,57+,59?,61+,62+,71-/m1/s1. The number of halogens is 1. The van der Waals surface area contributed by atoms with Crippen molar-refractivity contribution in [3.8, 4) is 0 Å². The second kappa shape index (κ2) is 32.6. The van der Waals surface area contributed by atoms with Gasteiger partial charge in [0.1, 0.15) is 53.5 Å². The van der Waals surface area contributed by atoms with E-state index < -0.39 is 107 Å². The van der Waals surface area contributed by atoms with Gasteiger partial charge in [0.15, 0.2) is 6.04 Å². The average Bonchev–Trinajstić information content (AvgIpc) is 1.76. The Morgan fingerprint density at radius 2 is 1.52 bits per heavy atom. The zero-order valence-electron chi connectivity index (χ0n) is 57.8. The molecule has 0 aliphatic carbocycles.